The van der Waals surface area contributed by atoms with E-state index in [-0.39, 0.29) is 16.2 Å². The van der Waals surface area contributed by atoms with Crippen LogP contribution in [-0.2, 0) is 16.2 Å². The molecular formula is C51H42ClN. The Hall–Kier alpha value is -5.37. The van der Waals surface area contributed by atoms with Gasteiger partial charge in [-0.3, -0.25) is 0 Å². The standard InChI is InChI=1S/C51H42ClN/c1-49(2)41-18-12-10-16-36(41)38-25-24-34(26-43(38)49)53(33-22-20-32(21-23-33)31-14-8-7-9-15-31)35-27-46-48(47(52)28-35)40-30-44-39(29-45(40)51(46,5)6)37-17-11-13-19-42(37)50(44,3)4/h7-30H,1-6H3. The highest BCUT2D eigenvalue weighted by molar-refractivity contribution is 6.34. The zero-order valence-corrected chi connectivity index (χ0v) is 31.9. The van der Waals surface area contributed by atoms with E-state index < -0.39 is 0 Å². The van der Waals surface area contributed by atoms with Gasteiger partial charge in [-0.1, -0.05) is 150 Å². The van der Waals surface area contributed by atoms with Crippen molar-refractivity contribution in [2.75, 3.05) is 4.90 Å². The number of anilines is 3. The minimum Gasteiger partial charge on any atom is -0.310 e. The molecule has 0 N–H and O–H groups in total. The molecule has 0 saturated heterocycles. The van der Waals surface area contributed by atoms with Crippen molar-refractivity contribution in [2.45, 2.75) is 57.8 Å². The van der Waals surface area contributed by atoms with Crippen LogP contribution in [0.4, 0.5) is 17.1 Å². The topological polar surface area (TPSA) is 3.24 Å². The van der Waals surface area contributed by atoms with Crippen molar-refractivity contribution in [3.05, 3.63) is 184 Å². The van der Waals surface area contributed by atoms with E-state index in [0.29, 0.717) is 0 Å². The van der Waals surface area contributed by atoms with Gasteiger partial charge in [-0.05, 0) is 121 Å². The van der Waals surface area contributed by atoms with Crippen molar-refractivity contribution in [2.24, 2.45) is 0 Å². The van der Waals surface area contributed by atoms with Crippen LogP contribution in [0.15, 0.2) is 146 Å². The molecule has 53 heavy (non-hydrogen) atoms. The SMILES string of the molecule is CC1(C)c2ccccc2-c2ccc(N(c3ccc(-c4ccccc4)cc3)c3cc(Cl)c4c(c3)C(C)(C)c3cc5c(cc3-4)C(C)(C)c3ccccc3-5)cc21. The van der Waals surface area contributed by atoms with Gasteiger partial charge >= 0.3 is 0 Å². The van der Waals surface area contributed by atoms with Crippen LogP contribution in [0.5, 0.6) is 0 Å². The molecule has 7 aromatic carbocycles. The molecular weight excluding hydrogens is 662 g/mol. The first-order valence-electron chi connectivity index (χ1n) is 18.8. The van der Waals surface area contributed by atoms with Crippen molar-refractivity contribution in [1.82, 2.24) is 0 Å². The van der Waals surface area contributed by atoms with E-state index in [0.717, 1.165) is 27.6 Å². The van der Waals surface area contributed by atoms with Crippen molar-refractivity contribution in [3.63, 3.8) is 0 Å². The summed E-state index contributed by atoms with van der Waals surface area (Å²) in [7, 11) is 0. The Bertz CT molecular complexity index is 2640. The van der Waals surface area contributed by atoms with Crippen molar-refractivity contribution in [1.29, 1.82) is 0 Å². The Kier molecular flexibility index (Phi) is 6.75. The maximum atomic E-state index is 7.54. The maximum Gasteiger partial charge on any atom is 0.0508 e. The monoisotopic (exact) mass is 703 g/mol. The smallest absolute Gasteiger partial charge is 0.0508 e. The molecule has 258 valence electrons. The highest BCUT2D eigenvalue weighted by Crippen LogP contribution is 2.59. The predicted octanol–water partition coefficient (Wildman–Crippen LogP) is 14.4. The van der Waals surface area contributed by atoms with Gasteiger partial charge in [0.1, 0.15) is 0 Å². The molecule has 2 heteroatoms. The van der Waals surface area contributed by atoms with E-state index in [4.69, 9.17) is 11.6 Å². The van der Waals surface area contributed by atoms with Crippen LogP contribution in [0, 0.1) is 0 Å². The molecule has 3 aliphatic rings. The van der Waals surface area contributed by atoms with Crippen molar-refractivity contribution in [3.8, 4) is 44.5 Å². The number of hydrogen-bond donors (Lipinski definition) is 0. The Labute approximate surface area is 318 Å². The quantitative estimate of drug-likeness (QED) is 0.176. The Morgan fingerprint density at radius 3 is 1.51 bits per heavy atom. The van der Waals surface area contributed by atoms with Gasteiger partial charge in [-0.2, -0.15) is 0 Å². The molecule has 0 bridgehead atoms. The summed E-state index contributed by atoms with van der Waals surface area (Å²) < 4.78 is 0. The van der Waals surface area contributed by atoms with Crippen LogP contribution in [0.3, 0.4) is 0 Å². The second-order valence-electron chi connectivity index (χ2n) is 16.7. The fourth-order valence-electron chi connectivity index (χ4n) is 9.82. The molecule has 0 heterocycles. The molecule has 0 atom stereocenters. The van der Waals surface area contributed by atoms with Crippen LogP contribution >= 0.6 is 11.6 Å². The minimum atomic E-state index is -0.245. The number of fused-ring (bicyclic) bond motifs is 9. The summed E-state index contributed by atoms with van der Waals surface area (Å²) in [6.45, 7) is 14.1. The second-order valence-corrected chi connectivity index (χ2v) is 17.1. The minimum absolute atomic E-state index is 0.0794. The van der Waals surface area contributed by atoms with Gasteiger partial charge in [0.15, 0.2) is 0 Å². The molecule has 0 aromatic heterocycles. The largest absolute Gasteiger partial charge is 0.310 e. The van der Waals surface area contributed by atoms with Crippen LogP contribution in [-0.4, -0.2) is 0 Å². The summed E-state index contributed by atoms with van der Waals surface area (Å²) in [6, 6.07) is 53.9. The second kappa shape index (κ2) is 11.1. The number of nitrogens with zero attached hydrogens (tertiary/aromatic N) is 1. The molecule has 7 aromatic rings. The molecule has 0 fully saturated rings. The number of halogens is 1. The fourth-order valence-corrected chi connectivity index (χ4v) is 10.1. The van der Waals surface area contributed by atoms with Crippen LogP contribution in [0.1, 0.15) is 74.9 Å². The normalized spacial score (nSPS) is 15.9. The third kappa shape index (κ3) is 4.50. The molecule has 10 rings (SSSR count). The van der Waals surface area contributed by atoms with E-state index in [2.05, 4.69) is 192 Å². The Morgan fingerprint density at radius 2 is 0.830 bits per heavy atom. The highest BCUT2D eigenvalue weighted by Gasteiger charge is 2.43. The zero-order chi connectivity index (χ0) is 36.4. The van der Waals surface area contributed by atoms with Crippen molar-refractivity contribution >= 4 is 28.7 Å². The third-order valence-electron chi connectivity index (χ3n) is 12.7. The molecule has 0 radical (unpaired) electrons. The van der Waals surface area contributed by atoms with Gasteiger partial charge in [0, 0.05) is 38.9 Å². The summed E-state index contributed by atoms with van der Waals surface area (Å²) in [5.74, 6) is 0. The molecule has 3 aliphatic carbocycles. The molecule has 0 amide bonds. The number of rotatable bonds is 4. The molecule has 0 aliphatic heterocycles. The van der Waals surface area contributed by atoms with E-state index in [1.807, 2.05) is 0 Å². The number of benzene rings is 7. The maximum absolute atomic E-state index is 7.54. The Morgan fingerprint density at radius 1 is 0.358 bits per heavy atom. The summed E-state index contributed by atoms with van der Waals surface area (Å²) >= 11 is 7.54. The fraction of sp³-hybridized carbons (Fsp3) is 0.176. The lowest BCUT2D eigenvalue weighted by atomic mass is 9.79. The summed E-state index contributed by atoms with van der Waals surface area (Å²) in [5, 5.41) is 0.789. The first kappa shape index (κ1) is 32.3. The van der Waals surface area contributed by atoms with E-state index in [1.165, 1.54) is 72.3 Å². The van der Waals surface area contributed by atoms with E-state index in [9.17, 15) is 0 Å². The van der Waals surface area contributed by atoms with Crippen LogP contribution < -0.4 is 4.90 Å². The Balaban J connectivity index is 1.15. The lowest BCUT2D eigenvalue weighted by Gasteiger charge is -2.30. The van der Waals surface area contributed by atoms with Gasteiger partial charge in [0.25, 0.3) is 0 Å². The van der Waals surface area contributed by atoms with E-state index in [1.54, 1.807) is 0 Å². The van der Waals surface area contributed by atoms with Gasteiger partial charge in [0.2, 0.25) is 0 Å². The van der Waals surface area contributed by atoms with Gasteiger partial charge in [-0.15, -0.1) is 0 Å². The lowest BCUT2D eigenvalue weighted by Crippen LogP contribution is -2.18. The number of hydrogen-bond acceptors (Lipinski definition) is 1. The summed E-state index contributed by atoms with van der Waals surface area (Å²) in [5.41, 5.74) is 21.1. The summed E-state index contributed by atoms with van der Waals surface area (Å²) in [6.07, 6.45) is 0. The molecule has 0 unspecified atom stereocenters. The zero-order valence-electron chi connectivity index (χ0n) is 31.2. The lowest BCUT2D eigenvalue weighted by molar-refractivity contribution is 0.652. The van der Waals surface area contributed by atoms with Gasteiger partial charge in [0.05, 0.1) is 5.02 Å². The molecule has 1 nitrogen and oxygen atoms in total. The first-order valence-corrected chi connectivity index (χ1v) is 19.2. The average Bonchev–Trinajstić information content (AvgIpc) is 3.64. The highest BCUT2D eigenvalue weighted by atomic mass is 35.5. The van der Waals surface area contributed by atoms with Gasteiger partial charge < -0.3 is 4.90 Å². The summed E-state index contributed by atoms with van der Waals surface area (Å²) in [4.78, 5) is 2.40. The molecule has 0 saturated carbocycles. The first-order chi connectivity index (χ1) is 25.5. The van der Waals surface area contributed by atoms with Crippen LogP contribution in [0.25, 0.3) is 44.5 Å². The third-order valence-corrected chi connectivity index (χ3v) is 13.0. The van der Waals surface area contributed by atoms with Crippen LogP contribution in [0.2, 0.25) is 5.02 Å². The van der Waals surface area contributed by atoms with Crippen molar-refractivity contribution < 1.29 is 0 Å². The predicted molar refractivity (Wildman–Crippen MR) is 224 cm³/mol. The van der Waals surface area contributed by atoms with Gasteiger partial charge in [-0.25, -0.2) is 0 Å². The molecule has 0 spiro atoms. The van der Waals surface area contributed by atoms with E-state index >= 15 is 0 Å². The average molecular weight is 704 g/mol.